The van der Waals surface area contributed by atoms with E-state index in [-0.39, 0.29) is 11.7 Å². The van der Waals surface area contributed by atoms with Crippen molar-refractivity contribution in [3.63, 3.8) is 0 Å². The molecule has 136 valence electrons. The smallest absolute Gasteiger partial charge is 0.387 e. The summed E-state index contributed by atoms with van der Waals surface area (Å²) in [4.78, 5) is 26.2. The topological polar surface area (TPSA) is 55.8 Å². The maximum atomic E-state index is 13.0. The maximum Gasteiger partial charge on any atom is 0.387 e. The number of ether oxygens (including phenoxy) is 2. The van der Waals surface area contributed by atoms with Gasteiger partial charge in [-0.15, -0.1) is 0 Å². The third-order valence-electron chi connectivity index (χ3n) is 4.37. The van der Waals surface area contributed by atoms with E-state index in [0.717, 1.165) is 0 Å². The summed E-state index contributed by atoms with van der Waals surface area (Å²) in [5.74, 6) is -0.770. The van der Waals surface area contributed by atoms with Crippen LogP contribution in [0.2, 0.25) is 0 Å². The molecule has 1 amide bonds. The Morgan fingerprint density at radius 3 is 2.54 bits per heavy atom. The number of nitrogens with zero attached hydrogens (tertiary/aromatic N) is 1. The molecule has 1 heterocycles. The Morgan fingerprint density at radius 2 is 1.88 bits per heavy atom. The lowest BCUT2D eigenvalue weighted by Gasteiger charge is -2.21. The molecule has 0 saturated heterocycles. The number of alkyl halides is 2. The van der Waals surface area contributed by atoms with Gasteiger partial charge in [-0.3, -0.25) is 9.69 Å². The number of benzene rings is 2. The number of methoxy groups -OCH3 is 1. The zero-order valence-electron chi connectivity index (χ0n) is 14.5. The molecular formula is C19H17F2NO4. The van der Waals surface area contributed by atoms with Crippen molar-refractivity contribution in [3.05, 3.63) is 53.6 Å². The lowest BCUT2D eigenvalue weighted by atomic mass is 9.85. The van der Waals surface area contributed by atoms with Crippen LogP contribution in [0.15, 0.2) is 42.5 Å². The molecular weight excluding hydrogens is 344 g/mol. The fraction of sp³-hybridized carbons (Fsp3) is 0.263. The third-order valence-corrected chi connectivity index (χ3v) is 4.37. The summed E-state index contributed by atoms with van der Waals surface area (Å²) in [5, 5.41) is 0. The van der Waals surface area contributed by atoms with Gasteiger partial charge in [0.05, 0.1) is 29.5 Å². The summed E-state index contributed by atoms with van der Waals surface area (Å²) in [7, 11) is 1.28. The minimum absolute atomic E-state index is 0.0391. The molecule has 26 heavy (non-hydrogen) atoms. The first-order chi connectivity index (χ1) is 12.3. The standard InChI is InChI=1S/C19H17F2NO4/c1-19(2)14-9-11(16(23)25-3)7-8-15(14)22(17(19)24)12-5-4-6-13(10-12)26-18(20)21/h4-10,18H,1-3H3. The predicted octanol–water partition coefficient (Wildman–Crippen LogP) is 4.03. The van der Waals surface area contributed by atoms with E-state index in [1.807, 2.05) is 0 Å². The summed E-state index contributed by atoms with van der Waals surface area (Å²) in [6.07, 6.45) is 0. The van der Waals surface area contributed by atoms with Crippen LogP contribution in [0.1, 0.15) is 29.8 Å². The zero-order chi connectivity index (χ0) is 19.1. The van der Waals surface area contributed by atoms with Crippen LogP contribution >= 0.6 is 0 Å². The first-order valence-electron chi connectivity index (χ1n) is 7.88. The molecule has 0 saturated carbocycles. The molecule has 2 aromatic carbocycles. The summed E-state index contributed by atoms with van der Waals surface area (Å²) in [6.45, 7) is 0.537. The van der Waals surface area contributed by atoms with E-state index in [2.05, 4.69) is 4.74 Å². The second kappa shape index (κ2) is 6.40. The molecule has 3 rings (SSSR count). The van der Waals surface area contributed by atoms with E-state index in [1.165, 1.54) is 30.2 Å². The van der Waals surface area contributed by atoms with Crippen LogP contribution in [0.3, 0.4) is 0 Å². The molecule has 0 radical (unpaired) electrons. The summed E-state index contributed by atoms with van der Waals surface area (Å²) >= 11 is 0. The van der Waals surface area contributed by atoms with E-state index in [1.54, 1.807) is 38.1 Å². The molecule has 1 aliphatic rings. The van der Waals surface area contributed by atoms with Gasteiger partial charge in [0.2, 0.25) is 5.91 Å². The number of halogens is 2. The predicted molar refractivity (Wildman–Crippen MR) is 91.0 cm³/mol. The van der Waals surface area contributed by atoms with Gasteiger partial charge in [0.1, 0.15) is 5.75 Å². The number of carbonyl (C=O) groups excluding carboxylic acids is 2. The summed E-state index contributed by atoms with van der Waals surface area (Å²) in [6, 6.07) is 10.8. The van der Waals surface area contributed by atoms with E-state index in [9.17, 15) is 18.4 Å². The van der Waals surface area contributed by atoms with Gasteiger partial charge in [0.15, 0.2) is 0 Å². The Balaban J connectivity index is 2.09. The average Bonchev–Trinajstić information content (AvgIpc) is 2.80. The van der Waals surface area contributed by atoms with Crippen molar-refractivity contribution < 1.29 is 27.8 Å². The summed E-state index contributed by atoms with van der Waals surface area (Å²) < 4.78 is 34.1. The van der Waals surface area contributed by atoms with Crippen molar-refractivity contribution in [1.82, 2.24) is 0 Å². The Morgan fingerprint density at radius 1 is 1.15 bits per heavy atom. The monoisotopic (exact) mass is 361 g/mol. The van der Waals surface area contributed by atoms with Gasteiger partial charge in [-0.25, -0.2) is 4.79 Å². The molecule has 0 aromatic heterocycles. The van der Waals surface area contributed by atoms with Gasteiger partial charge in [-0.1, -0.05) is 6.07 Å². The average molecular weight is 361 g/mol. The van der Waals surface area contributed by atoms with Crippen LogP contribution in [-0.4, -0.2) is 25.6 Å². The largest absolute Gasteiger partial charge is 0.465 e. The van der Waals surface area contributed by atoms with Crippen molar-refractivity contribution in [1.29, 1.82) is 0 Å². The first-order valence-corrected chi connectivity index (χ1v) is 7.88. The van der Waals surface area contributed by atoms with E-state index >= 15 is 0 Å². The molecule has 0 spiro atoms. The van der Waals surface area contributed by atoms with Gasteiger partial charge in [0, 0.05) is 6.07 Å². The SMILES string of the molecule is COC(=O)c1ccc2c(c1)C(C)(C)C(=O)N2c1cccc(OC(F)F)c1. The number of hydrogen-bond donors (Lipinski definition) is 0. The van der Waals surface area contributed by atoms with Crippen molar-refractivity contribution in [2.24, 2.45) is 0 Å². The van der Waals surface area contributed by atoms with E-state index in [0.29, 0.717) is 22.5 Å². The van der Waals surface area contributed by atoms with E-state index in [4.69, 9.17) is 4.74 Å². The number of fused-ring (bicyclic) bond motifs is 1. The van der Waals surface area contributed by atoms with Gasteiger partial charge < -0.3 is 9.47 Å². The molecule has 0 fully saturated rings. The molecule has 0 unspecified atom stereocenters. The second-order valence-corrected chi connectivity index (χ2v) is 6.36. The highest BCUT2D eigenvalue weighted by molar-refractivity contribution is 6.13. The molecule has 7 heteroatoms. The minimum Gasteiger partial charge on any atom is -0.465 e. The number of rotatable bonds is 4. The summed E-state index contributed by atoms with van der Waals surface area (Å²) in [5.41, 5.74) is 1.10. The highest BCUT2D eigenvalue weighted by atomic mass is 19.3. The van der Waals surface area contributed by atoms with Gasteiger partial charge >= 0.3 is 12.6 Å². The Hall–Kier alpha value is -2.96. The van der Waals surface area contributed by atoms with E-state index < -0.39 is 18.0 Å². The Bertz CT molecular complexity index is 880. The molecule has 2 aromatic rings. The maximum absolute atomic E-state index is 13.0. The Kier molecular flexibility index (Phi) is 4.39. The van der Waals surface area contributed by atoms with Gasteiger partial charge in [-0.2, -0.15) is 8.78 Å². The van der Waals surface area contributed by atoms with Crippen molar-refractivity contribution in [2.45, 2.75) is 25.9 Å². The molecule has 0 aliphatic carbocycles. The molecule has 0 N–H and O–H groups in total. The lowest BCUT2D eigenvalue weighted by Crippen LogP contribution is -2.33. The highest BCUT2D eigenvalue weighted by Gasteiger charge is 2.45. The number of amides is 1. The second-order valence-electron chi connectivity index (χ2n) is 6.36. The number of carbonyl (C=O) groups is 2. The first kappa shape index (κ1) is 17.8. The molecule has 5 nitrogen and oxygen atoms in total. The number of esters is 1. The fourth-order valence-corrected chi connectivity index (χ4v) is 3.04. The molecule has 1 aliphatic heterocycles. The minimum atomic E-state index is -2.95. The van der Waals surface area contributed by atoms with Crippen LogP contribution in [0.25, 0.3) is 0 Å². The fourth-order valence-electron chi connectivity index (χ4n) is 3.04. The van der Waals surface area contributed by atoms with Crippen LogP contribution in [-0.2, 0) is 14.9 Å². The normalized spacial score (nSPS) is 15.2. The third kappa shape index (κ3) is 2.89. The van der Waals surface area contributed by atoms with Crippen LogP contribution in [0, 0.1) is 0 Å². The number of anilines is 2. The lowest BCUT2D eigenvalue weighted by molar-refractivity contribution is -0.121. The quantitative estimate of drug-likeness (QED) is 0.772. The van der Waals surface area contributed by atoms with Crippen molar-refractivity contribution >= 4 is 23.3 Å². The van der Waals surface area contributed by atoms with Gasteiger partial charge in [0.25, 0.3) is 0 Å². The van der Waals surface area contributed by atoms with Crippen LogP contribution < -0.4 is 9.64 Å². The number of hydrogen-bond acceptors (Lipinski definition) is 4. The zero-order valence-corrected chi connectivity index (χ0v) is 14.5. The molecule has 0 bridgehead atoms. The van der Waals surface area contributed by atoms with Crippen LogP contribution in [0.5, 0.6) is 5.75 Å². The van der Waals surface area contributed by atoms with Gasteiger partial charge in [-0.05, 0) is 49.7 Å². The van der Waals surface area contributed by atoms with Crippen LogP contribution in [0.4, 0.5) is 20.2 Å². The highest BCUT2D eigenvalue weighted by Crippen LogP contribution is 2.46. The molecule has 0 atom stereocenters. The Labute approximate surface area is 149 Å². The van der Waals surface area contributed by atoms with Crippen molar-refractivity contribution in [2.75, 3.05) is 12.0 Å². The van der Waals surface area contributed by atoms with Crippen molar-refractivity contribution in [3.8, 4) is 5.75 Å².